The molecular formula is C20H16O3. The molecule has 0 fully saturated rings. The number of allylic oxidation sites excluding steroid dienone is 3. The van der Waals surface area contributed by atoms with Gasteiger partial charge in [0.25, 0.3) is 0 Å². The predicted molar refractivity (Wildman–Crippen MR) is 90.0 cm³/mol. The summed E-state index contributed by atoms with van der Waals surface area (Å²) in [6.45, 7) is 0. The van der Waals surface area contributed by atoms with E-state index in [2.05, 4.69) is 0 Å². The summed E-state index contributed by atoms with van der Waals surface area (Å²) in [4.78, 5) is 11.6. The molecule has 0 unspecified atom stereocenters. The first-order valence-electron chi connectivity index (χ1n) is 7.28. The van der Waals surface area contributed by atoms with Crippen molar-refractivity contribution in [3.8, 4) is 0 Å². The van der Waals surface area contributed by atoms with Gasteiger partial charge >= 0.3 is 5.97 Å². The Morgan fingerprint density at radius 3 is 1.78 bits per heavy atom. The molecule has 114 valence electrons. The number of rotatable bonds is 3. The molecule has 3 nitrogen and oxygen atoms in total. The summed E-state index contributed by atoms with van der Waals surface area (Å²) in [5, 5.41) is 0. The number of methoxy groups -OCH3 is 1. The molecule has 1 aliphatic rings. The third-order valence-corrected chi connectivity index (χ3v) is 3.42. The van der Waals surface area contributed by atoms with Gasteiger partial charge in [-0.05, 0) is 17.7 Å². The molecule has 0 bridgehead atoms. The molecule has 0 saturated heterocycles. The number of hydrogen-bond acceptors (Lipinski definition) is 3. The number of benzene rings is 2. The Balaban J connectivity index is 2.02. The van der Waals surface area contributed by atoms with Crippen LogP contribution in [0.5, 0.6) is 0 Å². The lowest BCUT2D eigenvalue weighted by Crippen LogP contribution is -2.02. The van der Waals surface area contributed by atoms with Crippen LogP contribution in [0.4, 0.5) is 0 Å². The van der Waals surface area contributed by atoms with Crippen molar-refractivity contribution < 1.29 is 14.3 Å². The van der Waals surface area contributed by atoms with E-state index >= 15 is 0 Å². The zero-order chi connectivity index (χ0) is 16.1. The van der Waals surface area contributed by atoms with Gasteiger partial charge in [0, 0.05) is 17.2 Å². The Morgan fingerprint density at radius 2 is 1.35 bits per heavy atom. The minimum atomic E-state index is -0.394. The zero-order valence-corrected chi connectivity index (χ0v) is 12.7. The van der Waals surface area contributed by atoms with E-state index in [4.69, 9.17) is 9.47 Å². The minimum absolute atomic E-state index is 0.394. The van der Waals surface area contributed by atoms with E-state index in [-0.39, 0.29) is 0 Å². The molecule has 0 aliphatic carbocycles. The van der Waals surface area contributed by atoms with Gasteiger partial charge in [0.1, 0.15) is 11.5 Å². The lowest BCUT2D eigenvalue weighted by atomic mass is 10.0. The van der Waals surface area contributed by atoms with Crippen molar-refractivity contribution in [3.05, 3.63) is 95.6 Å². The average molecular weight is 304 g/mol. The SMILES string of the molecule is COC(=O)C=C1C=C(c2ccccc2)OC(c2ccccc2)=C1. The number of hydrogen-bond donors (Lipinski definition) is 0. The van der Waals surface area contributed by atoms with Gasteiger partial charge in [0.15, 0.2) is 0 Å². The number of esters is 1. The maximum atomic E-state index is 11.6. The maximum Gasteiger partial charge on any atom is 0.331 e. The summed E-state index contributed by atoms with van der Waals surface area (Å²) in [6.07, 6.45) is 5.12. The number of ether oxygens (including phenoxy) is 2. The molecule has 1 heterocycles. The Kier molecular flexibility index (Phi) is 4.39. The van der Waals surface area contributed by atoms with E-state index in [0.29, 0.717) is 11.5 Å². The second-order valence-electron chi connectivity index (χ2n) is 5.02. The first-order chi connectivity index (χ1) is 11.3. The molecule has 2 aromatic carbocycles. The molecule has 0 N–H and O–H groups in total. The largest absolute Gasteiger partial charge is 0.466 e. The first kappa shape index (κ1) is 14.9. The van der Waals surface area contributed by atoms with Gasteiger partial charge in [0.2, 0.25) is 0 Å². The Morgan fingerprint density at radius 1 is 0.870 bits per heavy atom. The molecule has 3 heteroatoms. The number of carbonyl (C=O) groups excluding carboxylic acids is 1. The van der Waals surface area contributed by atoms with E-state index in [1.54, 1.807) is 0 Å². The van der Waals surface area contributed by atoms with E-state index in [9.17, 15) is 4.79 Å². The topological polar surface area (TPSA) is 35.5 Å². The van der Waals surface area contributed by atoms with Crippen LogP contribution in [0.1, 0.15) is 11.1 Å². The van der Waals surface area contributed by atoms with Crippen molar-refractivity contribution in [1.29, 1.82) is 0 Å². The molecule has 23 heavy (non-hydrogen) atoms. The number of carbonyl (C=O) groups is 1. The van der Waals surface area contributed by atoms with Crippen LogP contribution in [-0.2, 0) is 14.3 Å². The smallest absolute Gasteiger partial charge is 0.331 e. The highest BCUT2D eigenvalue weighted by molar-refractivity contribution is 5.87. The fourth-order valence-electron chi connectivity index (χ4n) is 2.29. The summed E-state index contributed by atoms with van der Waals surface area (Å²) in [5.74, 6) is 0.999. The van der Waals surface area contributed by atoms with Crippen LogP contribution in [0.3, 0.4) is 0 Å². The molecule has 0 aromatic heterocycles. The third kappa shape index (κ3) is 3.58. The van der Waals surface area contributed by atoms with Gasteiger partial charge in [0.05, 0.1) is 7.11 Å². The second-order valence-corrected chi connectivity index (χ2v) is 5.02. The lowest BCUT2D eigenvalue weighted by molar-refractivity contribution is -0.134. The van der Waals surface area contributed by atoms with E-state index in [1.165, 1.54) is 13.2 Å². The highest BCUT2D eigenvalue weighted by Gasteiger charge is 2.15. The van der Waals surface area contributed by atoms with Crippen LogP contribution in [0.2, 0.25) is 0 Å². The minimum Gasteiger partial charge on any atom is -0.466 e. The molecule has 0 spiro atoms. The van der Waals surface area contributed by atoms with Crippen LogP contribution in [0, 0.1) is 0 Å². The van der Waals surface area contributed by atoms with Crippen molar-refractivity contribution >= 4 is 17.5 Å². The lowest BCUT2D eigenvalue weighted by Gasteiger charge is -2.18. The molecule has 0 saturated carbocycles. The van der Waals surface area contributed by atoms with Gasteiger partial charge in [-0.15, -0.1) is 0 Å². The normalized spacial score (nSPS) is 13.5. The Labute approximate surface area is 135 Å². The van der Waals surface area contributed by atoms with Crippen LogP contribution in [-0.4, -0.2) is 13.1 Å². The molecule has 0 atom stereocenters. The monoisotopic (exact) mass is 304 g/mol. The van der Waals surface area contributed by atoms with Gasteiger partial charge in [-0.25, -0.2) is 4.79 Å². The van der Waals surface area contributed by atoms with E-state index in [1.807, 2.05) is 72.8 Å². The van der Waals surface area contributed by atoms with Crippen LogP contribution >= 0.6 is 0 Å². The summed E-state index contributed by atoms with van der Waals surface area (Å²) in [7, 11) is 1.36. The van der Waals surface area contributed by atoms with Crippen molar-refractivity contribution in [3.63, 3.8) is 0 Å². The van der Waals surface area contributed by atoms with Crippen molar-refractivity contribution in [2.24, 2.45) is 0 Å². The maximum absolute atomic E-state index is 11.6. The quantitative estimate of drug-likeness (QED) is 0.630. The molecular weight excluding hydrogens is 288 g/mol. The summed E-state index contributed by atoms with van der Waals surface area (Å²) in [6, 6.07) is 19.6. The van der Waals surface area contributed by atoms with Gasteiger partial charge in [-0.1, -0.05) is 60.7 Å². The zero-order valence-electron chi connectivity index (χ0n) is 12.7. The molecule has 0 radical (unpaired) electrons. The summed E-state index contributed by atoms with van der Waals surface area (Å²) in [5.41, 5.74) is 2.63. The first-order valence-corrected chi connectivity index (χ1v) is 7.28. The predicted octanol–water partition coefficient (Wildman–Crippen LogP) is 4.20. The second kappa shape index (κ2) is 6.79. The van der Waals surface area contributed by atoms with Crippen LogP contribution in [0.15, 0.2) is 84.5 Å². The highest BCUT2D eigenvalue weighted by atomic mass is 16.5. The standard InChI is InChI=1S/C20H16O3/c1-22-20(21)14-15-12-18(16-8-4-2-5-9-16)23-19(13-15)17-10-6-3-7-11-17/h2-14H,1H3. The molecule has 2 aromatic rings. The fourth-order valence-corrected chi connectivity index (χ4v) is 2.29. The van der Waals surface area contributed by atoms with Crippen LogP contribution in [0.25, 0.3) is 11.5 Å². The Bertz CT molecular complexity index is 727. The van der Waals surface area contributed by atoms with E-state index < -0.39 is 5.97 Å². The average Bonchev–Trinajstić information content (AvgIpc) is 2.63. The summed E-state index contributed by atoms with van der Waals surface area (Å²) < 4.78 is 10.8. The highest BCUT2D eigenvalue weighted by Crippen LogP contribution is 2.31. The van der Waals surface area contributed by atoms with Crippen LogP contribution < -0.4 is 0 Å². The molecule has 0 amide bonds. The third-order valence-electron chi connectivity index (χ3n) is 3.42. The summed E-state index contributed by atoms with van der Waals surface area (Å²) >= 11 is 0. The van der Waals surface area contributed by atoms with Crippen molar-refractivity contribution in [2.45, 2.75) is 0 Å². The van der Waals surface area contributed by atoms with Gasteiger partial charge in [-0.2, -0.15) is 0 Å². The Hall–Kier alpha value is -3.07. The fraction of sp³-hybridized carbons (Fsp3) is 0.0500. The molecule has 3 rings (SSSR count). The van der Waals surface area contributed by atoms with E-state index in [0.717, 1.165) is 16.7 Å². The molecule has 1 aliphatic heterocycles. The van der Waals surface area contributed by atoms with Crippen molar-refractivity contribution in [1.82, 2.24) is 0 Å². The van der Waals surface area contributed by atoms with Gasteiger partial charge < -0.3 is 9.47 Å². The van der Waals surface area contributed by atoms with Crippen molar-refractivity contribution in [2.75, 3.05) is 7.11 Å². The van der Waals surface area contributed by atoms with Gasteiger partial charge in [-0.3, -0.25) is 0 Å².